The van der Waals surface area contributed by atoms with Gasteiger partial charge < -0.3 is 9.88 Å². The molecule has 33 heavy (non-hydrogen) atoms. The predicted octanol–water partition coefficient (Wildman–Crippen LogP) is 5.20. The largest absolute Gasteiger partial charge is 0.371 e. The van der Waals surface area contributed by atoms with E-state index in [1.807, 2.05) is 19.1 Å². The van der Waals surface area contributed by atoms with Gasteiger partial charge in [-0.1, -0.05) is 6.07 Å². The summed E-state index contributed by atoms with van der Waals surface area (Å²) in [5.74, 6) is -1.47. The van der Waals surface area contributed by atoms with Crippen molar-refractivity contribution in [1.29, 1.82) is 0 Å². The molecule has 0 unspecified atom stereocenters. The first-order valence-electron chi connectivity index (χ1n) is 11.1. The lowest BCUT2D eigenvalue weighted by atomic mass is 9.98. The molecule has 166 valence electrons. The standard InChI is InChI=1S/C25H21F2N5O/c1-13-20-21-18-6-5-17(32-7-3-2-4-8-32)12-19(18)28-25(33)22(21)23(29-24(20)31-30-13)14-9-15(26)11-16(27)10-14/h5-6,9-12H,2-4,7-8H2,1H3,(H,28,33)(H,29,30,31). The number of nitrogens with one attached hydrogen (secondary N) is 2. The number of pyridine rings is 2. The molecule has 2 aromatic carbocycles. The molecule has 0 bridgehead atoms. The van der Waals surface area contributed by atoms with Crippen LogP contribution in [0, 0.1) is 18.6 Å². The number of aryl methyl sites for hydroxylation is 1. The third kappa shape index (κ3) is 3.16. The smallest absolute Gasteiger partial charge is 0.258 e. The van der Waals surface area contributed by atoms with Gasteiger partial charge in [-0.2, -0.15) is 5.10 Å². The summed E-state index contributed by atoms with van der Waals surface area (Å²) in [6.45, 7) is 3.86. The zero-order chi connectivity index (χ0) is 22.7. The minimum absolute atomic E-state index is 0.190. The van der Waals surface area contributed by atoms with E-state index < -0.39 is 11.6 Å². The zero-order valence-corrected chi connectivity index (χ0v) is 18.0. The second-order valence-corrected chi connectivity index (χ2v) is 8.65. The number of benzene rings is 2. The van der Waals surface area contributed by atoms with Crippen LogP contribution in [0.4, 0.5) is 14.5 Å². The molecular formula is C25H21F2N5O. The van der Waals surface area contributed by atoms with Gasteiger partial charge in [0.15, 0.2) is 5.65 Å². The van der Waals surface area contributed by atoms with Crippen molar-refractivity contribution < 1.29 is 8.78 Å². The Labute approximate surface area is 187 Å². The first-order chi connectivity index (χ1) is 16.0. The molecule has 6 nitrogen and oxygen atoms in total. The van der Waals surface area contributed by atoms with E-state index >= 15 is 0 Å². The number of anilines is 1. The van der Waals surface area contributed by atoms with E-state index in [4.69, 9.17) is 0 Å². The number of rotatable bonds is 2. The molecule has 4 heterocycles. The molecular weight excluding hydrogens is 424 g/mol. The van der Waals surface area contributed by atoms with E-state index in [1.54, 1.807) is 0 Å². The van der Waals surface area contributed by atoms with Crippen molar-refractivity contribution in [3.05, 3.63) is 64.1 Å². The van der Waals surface area contributed by atoms with Gasteiger partial charge >= 0.3 is 0 Å². The normalized spacial score (nSPS) is 14.6. The lowest BCUT2D eigenvalue weighted by Crippen LogP contribution is -2.29. The second kappa shape index (κ2) is 7.37. The topological polar surface area (TPSA) is 77.7 Å². The number of hydrogen-bond donors (Lipinski definition) is 2. The predicted molar refractivity (Wildman–Crippen MR) is 126 cm³/mol. The van der Waals surface area contributed by atoms with Gasteiger partial charge in [0.1, 0.15) is 11.6 Å². The van der Waals surface area contributed by atoms with Gasteiger partial charge in [-0.05, 0) is 50.5 Å². The van der Waals surface area contributed by atoms with Crippen molar-refractivity contribution in [3.63, 3.8) is 0 Å². The third-order valence-electron chi connectivity index (χ3n) is 6.49. The molecule has 6 rings (SSSR count). The van der Waals surface area contributed by atoms with Crippen molar-refractivity contribution in [2.45, 2.75) is 26.2 Å². The molecule has 0 aliphatic carbocycles. The van der Waals surface area contributed by atoms with Crippen LogP contribution in [-0.2, 0) is 0 Å². The Morgan fingerprint density at radius 2 is 1.70 bits per heavy atom. The number of hydrogen-bond acceptors (Lipinski definition) is 4. The Morgan fingerprint density at radius 3 is 2.45 bits per heavy atom. The molecule has 1 fully saturated rings. The van der Waals surface area contributed by atoms with Crippen LogP contribution in [0.1, 0.15) is 25.0 Å². The number of H-pyrrole nitrogens is 2. The van der Waals surface area contributed by atoms with Crippen LogP contribution in [0.3, 0.4) is 0 Å². The molecule has 3 aromatic heterocycles. The van der Waals surface area contributed by atoms with Gasteiger partial charge in [-0.3, -0.25) is 9.89 Å². The summed E-state index contributed by atoms with van der Waals surface area (Å²) in [5, 5.41) is 9.74. The number of fused-ring (bicyclic) bond motifs is 5. The second-order valence-electron chi connectivity index (χ2n) is 8.65. The van der Waals surface area contributed by atoms with Crippen molar-refractivity contribution >= 4 is 38.4 Å². The third-order valence-corrected chi connectivity index (χ3v) is 6.49. The van der Waals surface area contributed by atoms with Crippen LogP contribution in [-0.4, -0.2) is 33.3 Å². The van der Waals surface area contributed by atoms with Gasteiger partial charge in [-0.15, -0.1) is 0 Å². The van der Waals surface area contributed by atoms with E-state index in [-0.39, 0.29) is 22.2 Å². The minimum atomic E-state index is -0.735. The number of aromatic nitrogens is 4. The maximum Gasteiger partial charge on any atom is 0.258 e. The Bertz CT molecular complexity index is 1590. The van der Waals surface area contributed by atoms with Gasteiger partial charge in [-0.25, -0.2) is 13.8 Å². The Kier molecular flexibility index (Phi) is 4.43. The molecule has 1 saturated heterocycles. The summed E-state index contributed by atoms with van der Waals surface area (Å²) in [5.41, 5.74) is 2.97. The molecule has 0 spiro atoms. The fourth-order valence-corrected chi connectivity index (χ4v) is 4.98. The number of piperidine rings is 1. The van der Waals surface area contributed by atoms with Crippen LogP contribution in [0.25, 0.3) is 44.0 Å². The summed E-state index contributed by atoms with van der Waals surface area (Å²) < 4.78 is 28.1. The van der Waals surface area contributed by atoms with Crippen molar-refractivity contribution in [2.75, 3.05) is 18.0 Å². The number of halogens is 2. The van der Waals surface area contributed by atoms with Gasteiger partial charge in [0, 0.05) is 46.9 Å². The molecule has 0 saturated carbocycles. The summed E-state index contributed by atoms with van der Waals surface area (Å²) in [6, 6.07) is 9.22. The minimum Gasteiger partial charge on any atom is -0.371 e. The number of aromatic amines is 2. The van der Waals surface area contributed by atoms with Crippen molar-refractivity contribution in [3.8, 4) is 11.3 Å². The fraction of sp³-hybridized carbons (Fsp3) is 0.240. The summed E-state index contributed by atoms with van der Waals surface area (Å²) in [7, 11) is 0. The fourth-order valence-electron chi connectivity index (χ4n) is 4.98. The molecule has 1 aliphatic heterocycles. The average molecular weight is 445 g/mol. The first-order valence-corrected chi connectivity index (χ1v) is 11.1. The quantitative estimate of drug-likeness (QED) is 0.366. The maximum absolute atomic E-state index is 14.0. The van der Waals surface area contributed by atoms with Crippen LogP contribution in [0.5, 0.6) is 0 Å². The molecule has 0 radical (unpaired) electrons. The van der Waals surface area contributed by atoms with Gasteiger partial charge in [0.05, 0.1) is 22.0 Å². The van der Waals surface area contributed by atoms with E-state index in [1.165, 1.54) is 18.6 Å². The lowest BCUT2D eigenvalue weighted by molar-refractivity contribution is 0.578. The Morgan fingerprint density at radius 1 is 0.939 bits per heavy atom. The highest BCUT2D eigenvalue weighted by atomic mass is 19.1. The van der Waals surface area contributed by atoms with E-state index in [0.29, 0.717) is 16.6 Å². The zero-order valence-electron chi connectivity index (χ0n) is 18.0. The van der Waals surface area contributed by atoms with Gasteiger partial charge in [0.2, 0.25) is 0 Å². The van der Waals surface area contributed by atoms with Gasteiger partial charge in [0.25, 0.3) is 5.56 Å². The van der Waals surface area contributed by atoms with Crippen LogP contribution >= 0.6 is 0 Å². The number of nitrogens with zero attached hydrogens (tertiary/aromatic N) is 3. The molecule has 0 amide bonds. The van der Waals surface area contributed by atoms with E-state index in [0.717, 1.165) is 54.2 Å². The highest BCUT2D eigenvalue weighted by Gasteiger charge is 2.21. The maximum atomic E-state index is 14.0. The van der Waals surface area contributed by atoms with Crippen molar-refractivity contribution in [1.82, 2.24) is 20.2 Å². The SMILES string of the molecule is Cc1[nH]nc2nc(-c3cc(F)cc(F)c3)c3c(=O)[nH]c4cc(N5CCCCC5)ccc4c3c12. The highest BCUT2D eigenvalue weighted by Crippen LogP contribution is 2.36. The first kappa shape index (κ1) is 19.8. The Balaban J connectivity index is 1.71. The summed E-state index contributed by atoms with van der Waals surface area (Å²) in [4.78, 5) is 23.2. The lowest BCUT2D eigenvalue weighted by Gasteiger charge is -2.29. The van der Waals surface area contributed by atoms with Crippen LogP contribution in [0.2, 0.25) is 0 Å². The van der Waals surface area contributed by atoms with Crippen LogP contribution < -0.4 is 10.5 Å². The van der Waals surface area contributed by atoms with Crippen LogP contribution in [0.15, 0.2) is 41.2 Å². The molecule has 8 heteroatoms. The molecule has 0 atom stereocenters. The summed E-state index contributed by atoms with van der Waals surface area (Å²) >= 11 is 0. The Hall–Kier alpha value is -3.81. The monoisotopic (exact) mass is 445 g/mol. The average Bonchev–Trinajstić information content (AvgIpc) is 3.18. The molecule has 1 aliphatic rings. The highest BCUT2D eigenvalue weighted by molar-refractivity contribution is 6.21. The molecule has 2 N–H and O–H groups in total. The van der Waals surface area contributed by atoms with Crippen molar-refractivity contribution in [2.24, 2.45) is 0 Å². The van der Waals surface area contributed by atoms with E-state index in [2.05, 4.69) is 31.1 Å². The summed E-state index contributed by atoms with van der Waals surface area (Å²) in [6.07, 6.45) is 3.54. The van der Waals surface area contributed by atoms with E-state index in [9.17, 15) is 13.6 Å². The molecule has 5 aromatic rings.